The molecule has 0 atom stereocenters. The van der Waals surface area contributed by atoms with Gasteiger partial charge in [0.25, 0.3) is 5.91 Å². The van der Waals surface area contributed by atoms with Gasteiger partial charge in [-0.25, -0.2) is 9.48 Å². The van der Waals surface area contributed by atoms with Crippen molar-refractivity contribution in [1.82, 2.24) is 19.6 Å². The molecule has 0 bridgehead atoms. The molecule has 2 aromatic carbocycles. The molecule has 166 valence electrons. The van der Waals surface area contributed by atoms with E-state index in [2.05, 4.69) is 0 Å². The van der Waals surface area contributed by atoms with Gasteiger partial charge in [-0.1, -0.05) is 41.9 Å². The highest BCUT2D eigenvalue weighted by molar-refractivity contribution is 6.33. The van der Waals surface area contributed by atoms with Crippen molar-refractivity contribution < 1.29 is 14.3 Å². The zero-order valence-electron chi connectivity index (χ0n) is 18.1. The van der Waals surface area contributed by atoms with Crippen molar-refractivity contribution in [3.05, 3.63) is 70.9 Å². The second kappa shape index (κ2) is 9.44. The standard InChI is InChI=1S/C24H25ClN4O3/c1-3-32-24(31)28-13-11-27(12-14-28)23(30)22-16-21(19-9-4-5-10-20(19)25)26-29(22)18-8-6-7-17(2)15-18/h4-10,15-16H,3,11-14H2,1-2H3. The van der Waals surface area contributed by atoms with E-state index in [4.69, 9.17) is 21.4 Å². The van der Waals surface area contributed by atoms with Crippen LogP contribution in [0.5, 0.6) is 0 Å². The molecule has 1 saturated heterocycles. The molecule has 1 fully saturated rings. The maximum Gasteiger partial charge on any atom is 0.409 e. The fourth-order valence-corrected chi connectivity index (χ4v) is 3.99. The number of amides is 2. The van der Waals surface area contributed by atoms with Crippen LogP contribution in [-0.2, 0) is 4.74 Å². The molecular formula is C24H25ClN4O3. The molecular weight excluding hydrogens is 428 g/mol. The number of nitrogens with zero attached hydrogens (tertiary/aromatic N) is 4. The summed E-state index contributed by atoms with van der Waals surface area (Å²) in [6.45, 7) is 5.83. The lowest BCUT2D eigenvalue weighted by Gasteiger charge is -2.34. The van der Waals surface area contributed by atoms with Crippen molar-refractivity contribution in [2.75, 3.05) is 32.8 Å². The van der Waals surface area contributed by atoms with Crippen LogP contribution in [0.1, 0.15) is 23.0 Å². The molecule has 0 radical (unpaired) electrons. The summed E-state index contributed by atoms with van der Waals surface area (Å²) in [5.74, 6) is -0.138. The third-order valence-corrected chi connectivity index (χ3v) is 5.75. The number of ether oxygens (including phenoxy) is 1. The van der Waals surface area contributed by atoms with Crippen molar-refractivity contribution in [3.8, 4) is 16.9 Å². The Kier molecular flexibility index (Phi) is 6.46. The summed E-state index contributed by atoms with van der Waals surface area (Å²) in [7, 11) is 0. The zero-order chi connectivity index (χ0) is 22.7. The molecule has 0 unspecified atom stereocenters. The lowest BCUT2D eigenvalue weighted by atomic mass is 10.1. The molecule has 1 aliphatic heterocycles. The Bertz CT molecular complexity index is 1140. The predicted molar refractivity (Wildman–Crippen MR) is 123 cm³/mol. The third kappa shape index (κ3) is 4.48. The van der Waals surface area contributed by atoms with Gasteiger partial charge in [0.1, 0.15) is 5.69 Å². The van der Waals surface area contributed by atoms with Gasteiger partial charge in [0.05, 0.1) is 23.0 Å². The first-order chi connectivity index (χ1) is 15.5. The Labute approximate surface area is 192 Å². The number of carbonyl (C=O) groups is 2. The monoisotopic (exact) mass is 452 g/mol. The summed E-state index contributed by atoms with van der Waals surface area (Å²) in [6.07, 6.45) is -0.342. The first kappa shape index (κ1) is 21.9. The van der Waals surface area contributed by atoms with Crippen LogP contribution >= 0.6 is 11.6 Å². The van der Waals surface area contributed by atoms with Gasteiger partial charge in [-0.15, -0.1) is 0 Å². The number of aromatic nitrogens is 2. The fraction of sp³-hybridized carbons (Fsp3) is 0.292. The number of hydrogen-bond acceptors (Lipinski definition) is 4. The first-order valence-corrected chi connectivity index (χ1v) is 11.0. The number of piperazine rings is 1. The number of carbonyl (C=O) groups excluding carboxylic acids is 2. The molecule has 2 heterocycles. The van der Waals surface area contributed by atoms with Crippen molar-refractivity contribution in [1.29, 1.82) is 0 Å². The van der Waals surface area contributed by atoms with Crippen molar-refractivity contribution in [2.45, 2.75) is 13.8 Å². The average Bonchev–Trinajstić information content (AvgIpc) is 3.24. The smallest absolute Gasteiger partial charge is 0.409 e. The van der Waals surface area contributed by atoms with Crippen LogP contribution in [0.25, 0.3) is 16.9 Å². The molecule has 1 aromatic heterocycles. The minimum Gasteiger partial charge on any atom is -0.450 e. The number of halogens is 1. The summed E-state index contributed by atoms with van der Waals surface area (Å²) >= 11 is 6.40. The Morgan fingerprint density at radius 3 is 2.41 bits per heavy atom. The second-order valence-electron chi connectivity index (χ2n) is 7.62. The number of benzene rings is 2. The van der Waals surface area contributed by atoms with Crippen molar-refractivity contribution >= 4 is 23.6 Å². The van der Waals surface area contributed by atoms with Gasteiger partial charge in [0.2, 0.25) is 0 Å². The van der Waals surface area contributed by atoms with E-state index in [1.54, 1.807) is 33.5 Å². The molecule has 0 aliphatic carbocycles. The molecule has 4 rings (SSSR count). The van der Waals surface area contributed by atoms with E-state index in [0.717, 1.165) is 16.8 Å². The quantitative estimate of drug-likeness (QED) is 0.587. The minimum absolute atomic E-state index is 0.138. The van der Waals surface area contributed by atoms with Gasteiger partial charge in [0.15, 0.2) is 0 Å². The summed E-state index contributed by atoms with van der Waals surface area (Å²) in [6, 6.07) is 17.1. The van der Waals surface area contributed by atoms with E-state index in [1.165, 1.54) is 0 Å². The molecule has 32 heavy (non-hydrogen) atoms. The zero-order valence-corrected chi connectivity index (χ0v) is 18.9. The van der Waals surface area contributed by atoms with Gasteiger partial charge >= 0.3 is 6.09 Å². The highest BCUT2D eigenvalue weighted by Crippen LogP contribution is 2.29. The van der Waals surface area contributed by atoms with Gasteiger partial charge in [-0.3, -0.25) is 4.79 Å². The summed E-state index contributed by atoms with van der Waals surface area (Å²) in [4.78, 5) is 28.9. The van der Waals surface area contributed by atoms with Crippen LogP contribution in [0.4, 0.5) is 4.79 Å². The average molecular weight is 453 g/mol. The normalized spacial score (nSPS) is 13.8. The lowest BCUT2D eigenvalue weighted by molar-refractivity contribution is 0.0563. The third-order valence-electron chi connectivity index (χ3n) is 5.42. The fourth-order valence-electron chi connectivity index (χ4n) is 3.76. The van der Waals surface area contributed by atoms with E-state index in [0.29, 0.717) is 49.2 Å². The topological polar surface area (TPSA) is 67.7 Å². The van der Waals surface area contributed by atoms with E-state index < -0.39 is 0 Å². The Balaban J connectivity index is 1.66. The maximum atomic E-state index is 13.5. The highest BCUT2D eigenvalue weighted by Gasteiger charge is 2.28. The van der Waals surface area contributed by atoms with E-state index in [9.17, 15) is 9.59 Å². The summed E-state index contributed by atoms with van der Waals surface area (Å²) in [5.41, 5.74) is 3.72. The Morgan fingerprint density at radius 1 is 1.00 bits per heavy atom. The molecule has 7 nitrogen and oxygen atoms in total. The molecule has 3 aromatic rings. The van der Waals surface area contributed by atoms with Gasteiger partial charge in [0, 0.05) is 31.7 Å². The number of aryl methyl sites for hydroxylation is 1. The predicted octanol–water partition coefficient (Wildman–Crippen LogP) is 4.42. The summed E-state index contributed by atoms with van der Waals surface area (Å²) in [5, 5.41) is 5.31. The molecule has 8 heteroatoms. The molecule has 1 aliphatic rings. The van der Waals surface area contributed by atoms with E-state index in [-0.39, 0.29) is 12.0 Å². The van der Waals surface area contributed by atoms with Crippen LogP contribution in [0.2, 0.25) is 5.02 Å². The van der Waals surface area contributed by atoms with Crippen LogP contribution in [0, 0.1) is 6.92 Å². The minimum atomic E-state index is -0.342. The summed E-state index contributed by atoms with van der Waals surface area (Å²) < 4.78 is 6.74. The van der Waals surface area contributed by atoms with Gasteiger partial charge in [-0.2, -0.15) is 5.10 Å². The van der Waals surface area contributed by atoms with Gasteiger partial charge in [-0.05, 0) is 43.7 Å². The SMILES string of the molecule is CCOC(=O)N1CCN(C(=O)c2cc(-c3ccccc3Cl)nn2-c2cccc(C)c2)CC1. The molecule has 0 N–H and O–H groups in total. The molecule has 0 spiro atoms. The first-order valence-electron chi connectivity index (χ1n) is 10.6. The lowest BCUT2D eigenvalue weighted by Crippen LogP contribution is -2.51. The van der Waals surface area contributed by atoms with E-state index in [1.807, 2.05) is 49.4 Å². The Morgan fingerprint density at radius 2 is 1.72 bits per heavy atom. The van der Waals surface area contributed by atoms with Crippen LogP contribution in [0.3, 0.4) is 0 Å². The number of hydrogen-bond donors (Lipinski definition) is 0. The Hall–Kier alpha value is -3.32. The van der Waals surface area contributed by atoms with Crippen molar-refractivity contribution in [2.24, 2.45) is 0 Å². The largest absolute Gasteiger partial charge is 0.450 e. The number of rotatable bonds is 4. The van der Waals surface area contributed by atoms with Gasteiger partial charge < -0.3 is 14.5 Å². The van der Waals surface area contributed by atoms with Crippen LogP contribution in [0.15, 0.2) is 54.6 Å². The molecule has 2 amide bonds. The van der Waals surface area contributed by atoms with Crippen LogP contribution < -0.4 is 0 Å². The molecule has 0 saturated carbocycles. The van der Waals surface area contributed by atoms with E-state index >= 15 is 0 Å². The highest BCUT2D eigenvalue weighted by atomic mass is 35.5. The van der Waals surface area contributed by atoms with Crippen molar-refractivity contribution in [3.63, 3.8) is 0 Å². The second-order valence-corrected chi connectivity index (χ2v) is 8.03. The van der Waals surface area contributed by atoms with Crippen LogP contribution in [-0.4, -0.2) is 64.4 Å². The maximum absolute atomic E-state index is 13.5.